The lowest BCUT2D eigenvalue weighted by Crippen LogP contribution is -2.24. The monoisotopic (exact) mass is 417 g/mol. The second-order valence-electron chi connectivity index (χ2n) is 6.70. The molecule has 0 fully saturated rings. The zero-order chi connectivity index (χ0) is 21.8. The van der Waals surface area contributed by atoms with Crippen LogP contribution in [-0.4, -0.2) is 23.5 Å². The number of methoxy groups -OCH3 is 1. The van der Waals surface area contributed by atoms with Crippen molar-refractivity contribution in [1.82, 2.24) is 4.57 Å². The maximum Gasteiger partial charge on any atom is 0.420 e. The number of aromatic nitrogens is 1. The summed E-state index contributed by atoms with van der Waals surface area (Å²) in [7, 11) is 1.53. The predicted octanol–water partition coefficient (Wildman–Crippen LogP) is 3.49. The highest BCUT2D eigenvalue weighted by Crippen LogP contribution is 2.24. The molecular formula is C23H19N3O5. The summed E-state index contributed by atoms with van der Waals surface area (Å²) >= 11 is 0. The Bertz CT molecular complexity index is 1300. The molecule has 0 saturated heterocycles. The zero-order valence-corrected chi connectivity index (χ0v) is 16.6. The molecule has 4 aromatic rings. The molecule has 0 aliphatic heterocycles. The fourth-order valence-corrected chi connectivity index (χ4v) is 3.16. The summed E-state index contributed by atoms with van der Waals surface area (Å²) in [5.74, 6) is -0.736. The van der Waals surface area contributed by atoms with E-state index in [0.717, 1.165) is 0 Å². The Morgan fingerprint density at radius 3 is 2.42 bits per heavy atom. The highest BCUT2D eigenvalue weighted by Gasteiger charge is 2.13. The van der Waals surface area contributed by atoms with Crippen LogP contribution >= 0.6 is 0 Å². The van der Waals surface area contributed by atoms with Crippen molar-refractivity contribution in [2.45, 2.75) is 6.54 Å². The van der Waals surface area contributed by atoms with Gasteiger partial charge in [0.25, 0.3) is 5.91 Å². The van der Waals surface area contributed by atoms with Crippen LogP contribution in [0.15, 0.2) is 82.0 Å². The van der Waals surface area contributed by atoms with Gasteiger partial charge in [-0.15, -0.1) is 0 Å². The van der Waals surface area contributed by atoms with Crippen LogP contribution in [0.5, 0.6) is 5.75 Å². The lowest BCUT2D eigenvalue weighted by atomic mass is 10.2. The molecule has 2 amide bonds. The van der Waals surface area contributed by atoms with Gasteiger partial charge in [0.2, 0.25) is 5.91 Å². The van der Waals surface area contributed by atoms with Gasteiger partial charge in [-0.2, -0.15) is 0 Å². The predicted molar refractivity (Wildman–Crippen MR) is 116 cm³/mol. The number of nitrogens with one attached hydrogen (secondary N) is 2. The maximum absolute atomic E-state index is 12.5. The Morgan fingerprint density at radius 1 is 0.935 bits per heavy atom. The summed E-state index contributed by atoms with van der Waals surface area (Å²) in [5, 5.41) is 5.51. The highest BCUT2D eigenvalue weighted by atomic mass is 16.5. The van der Waals surface area contributed by atoms with Gasteiger partial charge < -0.3 is 19.8 Å². The Balaban J connectivity index is 1.42. The number of nitrogens with zero attached hydrogens (tertiary/aromatic N) is 1. The van der Waals surface area contributed by atoms with E-state index >= 15 is 0 Å². The lowest BCUT2D eigenvalue weighted by Gasteiger charge is -2.10. The zero-order valence-electron chi connectivity index (χ0n) is 16.6. The Morgan fingerprint density at radius 2 is 1.65 bits per heavy atom. The Hall–Kier alpha value is -4.33. The minimum Gasteiger partial charge on any atom is -0.495 e. The Kier molecular flexibility index (Phi) is 5.53. The van der Waals surface area contributed by atoms with E-state index in [1.807, 2.05) is 6.07 Å². The van der Waals surface area contributed by atoms with Gasteiger partial charge in [0.05, 0.1) is 18.3 Å². The molecule has 0 unspecified atom stereocenters. The number of rotatable bonds is 6. The number of fused-ring (bicyclic) bond motifs is 1. The van der Waals surface area contributed by atoms with Gasteiger partial charge in [-0.25, -0.2) is 4.79 Å². The molecule has 1 heterocycles. The summed E-state index contributed by atoms with van der Waals surface area (Å²) in [6.45, 7) is -0.189. The Labute approximate surface area is 177 Å². The smallest absolute Gasteiger partial charge is 0.420 e. The molecule has 0 radical (unpaired) electrons. The molecule has 0 aliphatic rings. The number of anilines is 2. The molecule has 0 spiro atoms. The van der Waals surface area contributed by atoms with E-state index in [4.69, 9.17) is 9.15 Å². The van der Waals surface area contributed by atoms with E-state index in [2.05, 4.69) is 10.6 Å². The number of benzene rings is 3. The van der Waals surface area contributed by atoms with E-state index in [-0.39, 0.29) is 18.4 Å². The third kappa shape index (κ3) is 4.32. The first-order valence-electron chi connectivity index (χ1n) is 9.48. The third-order valence-electron chi connectivity index (χ3n) is 4.66. The molecule has 4 rings (SSSR count). The quantitative estimate of drug-likeness (QED) is 0.500. The lowest BCUT2D eigenvalue weighted by molar-refractivity contribution is -0.116. The van der Waals surface area contributed by atoms with Crippen molar-refractivity contribution >= 4 is 34.3 Å². The maximum atomic E-state index is 12.5. The van der Waals surface area contributed by atoms with E-state index in [1.54, 1.807) is 66.7 Å². The SMILES string of the molecule is COc1ccccc1NC(=O)c1ccc(NC(=O)Cn2c(=O)oc3ccccc32)cc1. The molecular weight excluding hydrogens is 398 g/mol. The van der Waals surface area contributed by atoms with Crippen LogP contribution in [0.2, 0.25) is 0 Å². The molecule has 8 nitrogen and oxygen atoms in total. The largest absolute Gasteiger partial charge is 0.495 e. The summed E-state index contributed by atoms with van der Waals surface area (Å²) in [6, 6.07) is 20.4. The first kappa shape index (κ1) is 20.0. The van der Waals surface area contributed by atoms with E-state index in [1.165, 1.54) is 11.7 Å². The van der Waals surface area contributed by atoms with Crippen LogP contribution in [0.25, 0.3) is 11.1 Å². The molecule has 1 aromatic heterocycles. The van der Waals surface area contributed by atoms with Gasteiger partial charge in [0, 0.05) is 11.3 Å². The molecule has 3 aromatic carbocycles. The summed E-state index contributed by atoms with van der Waals surface area (Å²) in [5.41, 5.74) is 2.45. The fourth-order valence-electron chi connectivity index (χ4n) is 3.16. The van der Waals surface area contributed by atoms with Crippen molar-refractivity contribution in [3.05, 3.63) is 88.9 Å². The standard InChI is InChI=1S/C23H19N3O5/c1-30-19-8-4-2-6-17(19)25-22(28)15-10-12-16(13-11-15)24-21(27)14-26-18-7-3-5-9-20(18)31-23(26)29/h2-13H,14H2,1H3,(H,24,27)(H,25,28). The van der Waals surface area contributed by atoms with Crippen LogP contribution in [0.1, 0.15) is 10.4 Å². The molecule has 0 atom stereocenters. The number of hydrogen-bond acceptors (Lipinski definition) is 5. The molecule has 2 N–H and O–H groups in total. The highest BCUT2D eigenvalue weighted by molar-refractivity contribution is 6.05. The summed E-state index contributed by atoms with van der Waals surface area (Å²) in [6.07, 6.45) is 0. The van der Waals surface area contributed by atoms with Gasteiger partial charge in [-0.1, -0.05) is 24.3 Å². The van der Waals surface area contributed by atoms with Gasteiger partial charge in [0.15, 0.2) is 5.58 Å². The van der Waals surface area contributed by atoms with E-state index in [9.17, 15) is 14.4 Å². The first-order chi connectivity index (χ1) is 15.0. The number of ether oxygens (including phenoxy) is 1. The van der Waals surface area contributed by atoms with Crippen molar-refractivity contribution in [3.63, 3.8) is 0 Å². The van der Waals surface area contributed by atoms with Gasteiger partial charge in [-0.3, -0.25) is 14.2 Å². The molecule has 8 heteroatoms. The minimum atomic E-state index is -0.597. The van der Waals surface area contributed by atoms with Crippen molar-refractivity contribution in [1.29, 1.82) is 0 Å². The van der Waals surface area contributed by atoms with Crippen molar-refractivity contribution in [2.75, 3.05) is 17.7 Å². The normalized spacial score (nSPS) is 10.6. The second kappa shape index (κ2) is 8.58. The van der Waals surface area contributed by atoms with Crippen LogP contribution in [0.4, 0.5) is 11.4 Å². The molecule has 0 bridgehead atoms. The topological polar surface area (TPSA) is 103 Å². The second-order valence-corrected chi connectivity index (χ2v) is 6.70. The van der Waals surface area contributed by atoms with Crippen LogP contribution < -0.4 is 21.1 Å². The van der Waals surface area contributed by atoms with Crippen LogP contribution in [-0.2, 0) is 11.3 Å². The van der Waals surface area contributed by atoms with Crippen molar-refractivity contribution in [3.8, 4) is 5.75 Å². The number of amides is 2. The average molecular weight is 417 g/mol. The first-order valence-corrected chi connectivity index (χ1v) is 9.48. The van der Waals surface area contributed by atoms with Crippen LogP contribution in [0, 0.1) is 0 Å². The number of para-hydroxylation sites is 4. The molecule has 0 saturated carbocycles. The van der Waals surface area contributed by atoms with Gasteiger partial charge >= 0.3 is 5.76 Å². The van der Waals surface area contributed by atoms with Gasteiger partial charge in [-0.05, 0) is 48.5 Å². The average Bonchev–Trinajstić information content (AvgIpc) is 3.09. The van der Waals surface area contributed by atoms with Gasteiger partial charge in [0.1, 0.15) is 12.3 Å². The van der Waals surface area contributed by atoms with E-state index in [0.29, 0.717) is 33.8 Å². The number of carbonyl (C=O) groups is 2. The summed E-state index contributed by atoms with van der Waals surface area (Å²) in [4.78, 5) is 36.9. The number of hydrogen-bond donors (Lipinski definition) is 2. The minimum absolute atomic E-state index is 0.189. The van der Waals surface area contributed by atoms with E-state index < -0.39 is 5.76 Å². The molecule has 31 heavy (non-hydrogen) atoms. The number of oxazole rings is 1. The van der Waals surface area contributed by atoms with Crippen molar-refractivity contribution in [2.24, 2.45) is 0 Å². The van der Waals surface area contributed by atoms with Crippen molar-refractivity contribution < 1.29 is 18.7 Å². The number of carbonyl (C=O) groups excluding carboxylic acids is 2. The van der Waals surface area contributed by atoms with Crippen LogP contribution in [0.3, 0.4) is 0 Å². The molecule has 0 aliphatic carbocycles. The molecule has 156 valence electrons. The summed E-state index contributed by atoms with van der Waals surface area (Å²) < 4.78 is 11.6. The third-order valence-corrected chi connectivity index (χ3v) is 4.66. The fraction of sp³-hybridized carbons (Fsp3) is 0.0870.